The molecule has 2 atom stereocenters. The molecule has 0 amide bonds. The van der Waals surface area contributed by atoms with Gasteiger partial charge in [-0.2, -0.15) is 0 Å². The van der Waals surface area contributed by atoms with E-state index in [9.17, 15) is 9.59 Å². The summed E-state index contributed by atoms with van der Waals surface area (Å²) in [5, 5.41) is 19.9. The van der Waals surface area contributed by atoms with Crippen LogP contribution in [-0.2, 0) is 29.5 Å². The third-order valence-corrected chi connectivity index (χ3v) is 3.29. The summed E-state index contributed by atoms with van der Waals surface area (Å²) >= 11 is 0. The minimum absolute atomic E-state index is 0.311. The smallest absolute Gasteiger partial charge is 0.321 e. The molecule has 0 spiro atoms. The third kappa shape index (κ3) is 6.18. The SMILES string of the molecule is CN[C@@H](Cc1cnc[nH]1)C(=O)O.Cn1cncc1C[C@H](N)C(=O)O. The van der Waals surface area contributed by atoms with E-state index in [1.54, 1.807) is 37.4 Å². The summed E-state index contributed by atoms with van der Waals surface area (Å²) in [4.78, 5) is 31.4. The number of nitrogens with zero attached hydrogens (tertiary/aromatic N) is 3. The number of aromatic amines is 1. The quantitative estimate of drug-likeness (QED) is 0.430. The zero-order valence-corrected chi connectivity index (χ0v) is 13.5. The van der Waals surface area contributed by atoms with E-state index in [0.29, 0.717) is 12.8 Å². The van der Waals surface area contributed by atoms with Gasteiger partial charge in [0.05, 0.1) is 12.7 Å². The van der Waals surface area contributed by atoms with Crippen LogP contribution < -0.4 is 11.1 Å². The van der Waals surface area contributed by atoms with Crippen molar-refractivity contribution in [2.45, 2.75) is 24.9 Å². The van der Waals surface area contributed by atoms with E-state index in [-0.39, 0.29) is 0 Å². The van der Waals surface area contributed by atoms with Gasteiger partial charge in [-0.25, -0.2) is 9.97 Å². The Hall–Kier alpha value is -2.72. The number of aliphatic carboxylic acids is 2. The normalized spacial score (nSPS) is 12.8. The van der Waals surface area contributed by atoms with Crippen molar-refractivity contribution in [3.8, 4) is 0 Å². The highest BCUT2D eigenvalue weighted by Gasteiger charge is 2.15. The lowest BCUT2D eigenvalue weighted by atomic mass is 10.2. The fourth-order valence-electron chi connectivity index (χ4n) is 1.82. The minimum atomic E-state index is -0.990. The molecule has 0 aliphatic carbocycles. The summed E-state index contributed by atoms with van der Waals surface area (Å²) in [6.07, 6.45) is 7.11. The second-order valence-corrected chi connectivity index (χ2v) is 5.11. The second kappa shape index (κ2) is 9.43. The number of aromatic nitrogens is 4. The predicted molar refractivity (Wildman–Crippen MR) is 85.3 cm³/mol. The number of carbonyl (C=O) groups is 2. The van der Waals surface area contributed by atoms with Gasteiger partial charge >= 0.3 is 11.9 Å². The topological polar surface area (TPSA) is 159 Å². The number of nitrogens with one attached hydrogen (secondary N) is 2. The molecule has 2 aromatic heterocycles. The minimum Gasteiger partial charge on any atom is -0.480 e. The molecule has 2 rings (SSSR count). The van der Waals surface area contributed by atoms with Crippen molar-refractivity contribution in [3.63, 3.8) is 0 Å². The second-order valence-electron chi connectivity index (χ2n) is 5.11. The number of aryl methyl sites for hydroxylation is 1. The largest absolute Gasteiger partial charge is 0.480 e. The lowest BCUT2D eigenvalue weighted by Crippen LogP contribution is -2.35. The summed E-state index contributed by atoms with van der Waals surface area (Å²) in [6.45, 7) is 0. The van der Waals surface area contributed by atoms with Crippen LogP contribution in [0.1, 0.15) is 11.4 Å². The molecule has 0 radical (unpaired) electrons. The van der Waals surface area contributed by atoms with Gasteiger partial charge in [-0.15, -0.1) is 0 Å². The first-order valence-electron chi connectivity index (χ1n) is 7.16. The van der Waals surface area contributed by atoms with Crippen molar-refractivity contribution in [2.24, 2.45) is 12.8 Å². The molecule has 0 bridgehead atoms. The molecule has 0 aliphatic heterocycles. The van der Waals surface area contributed by atoms with Gasteiger partial charge < -0.3 is 30.8 Å². The Morgan fingerprint density at radius 2 is 2.00 bits per heavy atom. The molecule has 0 aromatic carbocycles. The Labute approximate surface area is 138 Å². The van der Waals surface area contributed by atoms with E-state index >= 15 is 0 Å². The Bertz CT molecular complexity index is 639. The van der Waals surface area contributed by atoms with Crippen molar-refractivity contribution in [1.29, 1.82) is 0 Å². The van der Waals surface area contributed by atoms with Gasteiger partial charge in [-0.1, -0.05) is 0 Å². The molecule has 132 valence electrons. The van der Waals surface area contributed by atoms with Crippen LogP contribution in [-0.4, -0.2) is 60.8 Å². The number of nitrogens with two attached hydrogens (primary N) is 1. The summed E-state index contributed by atoms with van der Waals surface area (Å²) in [7, 11) is 3.42. The number of likely N-dealkylation sites (N-methyl/N-ethyl adjacent to an activating group) is 1. The van der Waals surface area contributed by atoms with Crippen LogP contribution in [0.3, 0.4) is 0 Å². The van der Waals surface area contributed by atoms with E-state index < -0.39 is 24.0 Å². The lowest BCUT2D eigenvalue weighted by molar-refractivity contribution is -0.139. The van der Waals surface area contributed by atoms with Crippen LogP contribution in [0.4, 0.5) is 0 Å². The zero-order valence-electron chi connectivity index (χ0n) is 13.5. The molecular formula is C14H22N6O4. The fourth-order valence-corrected chi connectivity index (χ4v) is 1.82. The lowest BCUT2D eigenvalue weighted by Gasteiger charge is -2.08. The van der Waals surface area contributed by atoms with Crippen molar-refractivity contribution >= 4 is 11.9 Å². The van der Waals surface area contributed by atoms with Gasteiger partial charge in [-0.3, -0.25) is 9.59 Å². The number of carboxylic acids is 2. The first kappa shape index (κ1) is 19.3. The molecule has 2 aromatic rings. The molecule has 0 fully saturated rings. The molecule has 10 nitrogen and oxygen atoms in total. The highest BCUT2D eigenvalue weighted by atomic mass is 16.4. The van der Waals surface area contributed by atoms with Crippen LogP contribution in [0.15, 0.2) is 25.0 Å². The first-order valence-corrected chi connectivity index (χ1v) is 7.16. The van der Waals surface area contributed by atoms with Crippen molar-refractivity contribution in [3.05, 3.63) is 36.4 Å². The highest BCUT2D eigenvalue weighted by molar-refractivity contribution is 5.73. The Kier molecular flexibility index (Phi) is 7.59. The number of carboxylic acid groups (broad SMARTS) is 2. The molecule has 0 saturated heterocycles. The summed E-state index contributed by atoms with van der Waals surface area (Å²) < 4.78 is 1.75. The van der Waals surface area contributed by atoms with Crippen LogP contribution >= 0.6 is 0 Å². The van der Waals surface area contributed by atoms with E-state index in [2.05, 4.69) is 20.3 Å². The zero-order chi connectivity index (χ0) is 18.1. The maximum absolute atomic E-state index is 10.6. The van der Waals surface area contributed by atoms with Crippen molar-refractivity contribution < 1.29 is 19.8 Å². The maximum Gasteiger partial charge on any atom is 0.321 e. The third-order valence-electron chi connectivity index (χ3n) is 3.29. The maximum atomic E-state index is 10.6. The van der Waals surface area contributed by atoms with Crippen LogP contribution in [0.2, 0.25) is 0 Å². The van der Waals surface area contributed by atoms with Gasteiger partial charge in [0.1, 0.15) is 12.1 Å². The standard InChI is InChI=1S/2C7H11N3O2/c1-10-4-9-3-5(10)2-6(8)7(11)12;1-8-6(7(11)12)2-5-3-9-4-10-5/h3-4,6H,2,8H2,1H3,(H,11,12);3-4,6,8H,2H2,1H3,(H,9,10)(H,11,12)/t2*6-/m00/s1. The van der Waals surface area contributed by atoms with Crippen LogP contribution in [0.5, 0.6) is 0 Å². The number of rotatable bonds is 7. The van der Waals surface area contributed by atoms with Gasteiger partial charge in [0.25, 0.3) is 0 Å². The molecule has 24 heavy (non-hydrogen) atoms. The van der Waals surface area contributed by atoms with E-state index in [1.807, 2.05) is 0 Å². The van der Waals surface area contributed by atoms with E-state index in [1.165, 1.54) is 6.33 Å². The summed E-state index contributed by atoms with van der Waals surface area (Å²) in [6, 6.07) is -1.40. The fraction of sp³-hybridized carbons (Fsp3) is 0.429. The van der Waals surface area contributed by atoms with E-state index in [4.69, 9.17) is 15.9 Å². The van der Waals surface area contributed by atoms with Crippen LogP contribution in [0.25, 0.3) is 0 Å². The number of hydrogen-bond acceptors (Lipinski definition) is 6. The molecule has 0 saturated carbocycles. The molecule has 2 heterocycles. The van der Waals surface area contributed by atoms with Crippen molar-refractivity contribution in [2.75, 3.05) is 7.05 Å². The molecule has 6 N–H and O–H groups in total. The summed E-state index contributed by atoms with van der Waals surface area (Å²) in [5.74, 6) is -1.84. The van der Waals surface area contributed by atoms with Gasteiger partial charge in [0.15, 0.2) is 0 Å². The van der Waals surface area contributed by atoms with Crippen molar-refractivity contribution in [1.82, 2.24) is 24.8 Å². The average molecular weight is 338 g/mol. The predicted octanol–water partition coefficient (Wildman–Crippen LogP) is -1.00. The Morgan fingerprint density at radius 1 is 1.29 bits per heavy atom. The Morgan fingerprint density at radius 3 is 2.42 bits per heavy atom. The number of imidazole rings is 2. The Balaban J connectivity index is 0.000000240. The number of H-pyrrole nitrogens is 1. The number of hydrogen-bond donors (Lipinski definition) is 5. The van der Waals surface area contributed by atoms with Gasteiger partial charge in [0.2, 0.25) is 0 Å². The summed E-state index contributed by atoms with van der Waals surface area (Å²) in [5.41, 5.74) is 6.98. The van der Waals surface area contributed by atoms with Gasteiger partial charge in [0, 0.05) is 43.7 Å². The molecule has 0 unspecified atom stereocenters. The van der Waals surface area contributed by atoms with E-state index in [0.717, 1.165) is 11.4 Å². The van der Waals surface area contributed by atoms with Crippen LogP contribution in [0, 0.1) is 0 Å². The first-order chi connectivity index (χ1) is 11.3. The highest BCUT2D eigenvalue weighted by Crippen LogP contribution is 2.00. The molecule has 0 aliphatic rings. The average Bonchev–Trinajstić information content (AvgIpc) is 3.17. The monoisotopic (exact) mass is 338 g/mol. The molecule has 10 heteroatoms. The molecular weight excluding hydrogens is 316 g/mol. The van der Waals surface area contributed by atoms with Gasteiger partial charge in [-0.05, 0) is 7.05 Å².